The van der Waals surface area contributed by atoms with Crippen LogP contribution in [0.15, 0.2) is 35.2 Å². The summed E-state index contributed by atoms with van der Waals surface area (Å²) in [5.41, 5.74) is 0. The van der Waals surface area contributed by atoms with Crippen molar-refractivity contribution in [3.05, 3.63) is 36.4 Å². The van der Waals surface area contributed by atoms with Gasteiger partial charge < -0.3 is 9.47 Å². The minimum absolute atomic E-state index is 0.00319. The highest BCUT2D eigenvalue weighted by molar-refractivity contribution is 7.92. The molecule has 0 aliphatic rings. The van der Waals surface area contributed by atoms with Crippen LogP contribution in [0.5, 0.6) is 11.9 Å². The molecule has 1 heterocycles. The summed E-state index contributed by atoms with van der Waals surface area (Å²) in [7, 11) is -0.950. The molecule has 0 spiro atoms. The van der Waals surface area contributed by atoms with Crippen molar-refractivity contribution >= 4 is 15.8 Å². The first-order chi connectivity index (χ1) is 9.55. The van der Waals surface area contributed by atoms with Crippen molar-refractivity contribution in [2.75, 3.05) is 18.9 Å². The van der Waals surface area contributed by atoms with Crippen molar-refractivity contribution in [1.29, 1.82) is 0 Å². The molecule has 0 aliphatic carbocycles. The predicted molar refractivity (Wildman–Crippen MR) is 71.2 cm³/mol. The van der Waals surface area contributed by atoms with Gasteiger partial charge in [0.2, 0.25) is 5.88 Å². The van der Waals surface area contributed by atoms with Crippen LogP contribution < -0.4 is 14.2 Å². The van der Waals surface area contributed by atoms with Crippen molar-refractivity contribution in [2.45, 2.75) is 4.90 Å². The third kappa shape index (κ3) is 3.15. The van der Waals surface area contributed by atoms with E-state index >= 15 is 0 Å². The lowest BCUT2D eigenvalue weighted by Crippen LogP contribution is -2.14. The zero-order chi connectivity index (χ0) is 14.6. The molecule has 1 aromatic heterocycles. The summed E-state index contributed by atoms with van der Waals surface area (Å²) in [6.07, 6.45) is 0. The lowest BCUT2D eigenvalue weighted by Gasteiger charge is -2.09. The van der Waals surface area contributed by atoms with Gasteiger partial charge in [0, 0.05) is 6.07 Å². The smallest absolute Gasteiger partial charge is 0.321 e. The highest BCUT2D eigenvalue weighted by Gasteiger charge is 2.16. The van der Waals surface area contributed by atoms with Crippen LogP contribution in [0.25, 0.3) is 0 Å². The van der Waals surface area contributed by atoms with Crippen molar-refractivity contribution in [2.24, 2.45) is 0 Å². The molecule has 20 heavy (non-hydrogen) atoms. The van der Waals surface area contributed by atoms with Crippen LogP contribution in [0.3, 0.4) is 0 Å². The van der Waals surface area contributed by atoms with Gasteiger partial charge in [-0.05, 0) is 18.2 Å². The largest absolute Gasteiger partial charge is 0.481 e. The Kier molecular flexibility index (Phi) is 4.04. The Hall–Kier alpha value is -2.35. The molecular formula is C12H12N3O4S. The Morgan fingerprint density at radius 3 is 2.45 bits per heavy atom. The molecule has 0 saturated heterocycles. The maximum absolute atomic E-state index is 12.1. The van der Waals surface area contributed by atoms with Crippen LogP contribution in [-0.2, 0) is 10.0 Å². The number of nitrogens with zero attached hydrogens (tertiary/aromatic N) is 2. The van der Waals surface area contributed by atoms with E-state index in [-0.39, 0.29) is 22.6 Å². The highest BCUT2D eigenvalue weighted by atomic mass is 32.2. The van der Waals surface area contributed by atoms with Crippen LogP contribution in [0.1, 0.15) is 0 Å². The monoisotopic (exact) mass is 294 g/mol. The van der Waals surface area contributed by atoms with Crippen molar-refractivity contribution in [3.63, 3.8) is 0 Å². The SMILES string of the molecule is COc1cc(NS(=O)(=O)c2cc[c]cc2)nc(OC)n1. The normalized spacial score (nSPS) is 10.9. The molecular weight excluding hydrogens is 282 g/mol. The van der Waals surface area contributed by atoms with Crippen LogP contribution in [0.2, 0.25) is 0 Å². The summed E-state index contributed by atoms with van der Waals surface area (Å²) in [5, 5.41) is 0. The molecule has 1 aromatic carbocycles. The molecule has 0 unspecified atom stereocenters. The third-order valence-electron chi connectivity index (χ3n) is 2.31. The zero-order valence-electron chi connectivity index (χ0n) is 10.8. The summed E-state index contributed by atoms with van der Waals surface area (Å²) in [4.78, 5) is 7.88. The number of ether oxygens (including phenoxy) is 2. The van der Waals surface area contributed by atoms with E-state index in [9.17, 15) is 8.42 Å². The van der Waals surface area contributed by atoms with Gasteiger partial charge in [0.25, 0.3) is 10.0 Å². The molecule has 0 fully saturated rings. The fourth-order valence-electron chi connectivity index (χ4n) is 1.40. The summed E-state index contributed by atoms with van der Waals surface area (Å²) in [5.74, 6) is 0.248. The van der Waals surface area contributed by atoms with Gasteiger partial charge in [0.15, 0.2) is 5.82 Å². The fraction of sp³-hybridized carbons (Fsp3) is 0.167. The Morgan fingerprint density at radius 2 is 1.85 bits per heavy atom. The molecule has 0 atom stereocenters. The van der Waals surface area contributed by atoms with Crippen LogP contribution in [0.4, 0.5) is 5.82 Å². The maximum Gasteiger partial charge on any atom is 0.321 e. The number of sulfonamides is 1. The van der Waals surface area contributed by atoms with Gasteiger partial charge in [-0.2, -0.15) is 9.97 Å². The molecule has 8 heteroatoms. The second kappa shape index (κ2) is 5.74. The number of rotatable bonds is 5. The van der Waals surface area contributed by atoms with Crippen LogP contribution in [0, 0.1) is 6.07 Å². The minimum atomic E-state index is -3.73. The third-order valence-corrected chi connectivity index (χ3v) is 3.68. The zero-order valence-corrected chi connectivity index (χ0v) is 11.6. The molecule has 2 aromatic rings. The van der Waals surface area contributed by atoms with E-state index in [1.54, 1.807) is 0 Å². The average Bonchev–Trinajstić information content (AvgIpc) is 2.47. The molecule has 7 nitrogen and oxygen atoms in total. The highest BCUT2D eigenvalue weighted by Crippen LogP contribution is 2.20. The average molecular weight is 294 g/mol. The summed E-state index contributed by atoms with van der Waals surface area (Å²) in [6, 6.07) is 9.98. The van der Waals surface area contributed by atoms with Gasteiger partial charge in [-0.1, -0.05) is 12.1 Å². The van der Waals surface area contributed by atoms with Gasteiger partial charge in [0.1, 0.15) is 0 Å². The number of aromatic nitrogens is 2. The Balaban J connectivity index is 2.34. The number of hydrogen-bond acceptors (Lipinski definition) is 6. The van der Waals surface area contributed by atoms with Crippen LogP contribution in [-0.4, -0.2) is 32.6 Å². The summed E-state index contributed by atoms with van der Waals surface area (Å²) in [6.45, 7) is 0. The molecule has 0 amide bonds. The number of anilines is 1. The van der Waals surface area contributed by atoms with Gasteiger partial charge >= 0.3 is 6.01 Å². The second-order valence-corrected chi connectivity index (χ2v) is 5.31. The first-order valence-electron chi connectivity index (χ1n) is 5.51. The van der Waals surface area contributed by atoms with Gasteiger partial charge in [-0.25, -0.2) is 8.42 Å². The molecule has 0 bridgehead atoms. The molecule has 0 saturated carbocycles. The van der Waals surface area contributed by atoms with Crippen molar-refractivity contribution in [1.82, 2.24) is 9.97 Å². The lowest BCUT2D eigenvalue weighted by molar-refractivity contribution is 0.353. The van der Waals surface area contributed by atoms with Crippen molar-refractivity contribution < 1.29 is 17.9 Å². The Bertz CT molecular complexity index is 667. The maximum atomic E-state index is 12.1. The fourth-order valence-corrected chi connectivity index (χ4v) is 2.39. The second-order valence-electron chi connectivity index (χ2n) is 3.62. The number of methoxy groups -OCH3 is 2. The van der Waals surface area contributed by atoms with E-state index in [2.05, 4.69) is 20.8 Å². The van der Waals surface area contributed by atoms with E-state index in [4.69, 9.17) is 9.47 Å². The first-order valence-corrected chi connectivity index (χ1v) is 6.99. The van der Waals surface area contributed by atoms with E-state index in [0.29, 0.717) is 0 Å². The Labute approximate surface area is 116 Å². The summed E-state index contributed by atoms with van der Waals surface area (Å²) >= 11 is 0. The standard InChI is InChI=1S/C12H12N3O4S/c1-18-11-8-10(13-12(14-11)19-2)15-20(16,17)9-6-4-3-5-7-9/h4-8H,1-2H3,(H,13,14,15). The van der Waals surface area contributed by atoms with Gasteiger partial charge in [-0.15, -0.1) is 0 Å². The van der Waals surface area contributed by atoms with Crippen LogP contribution >= 0.6 is 0 Å². The van der Waals surface area contributed by atoms with E-state index in [0.717, 1.165) is 0 Å². The van der Waals surface area contributed by atoms with Gasteiger partial charge in [0.05, 0.1) is 19.1 Å². The van der Waals surface area contributed by atoms with E-state index < -0.39 is 10.0 Å². The van der Waals surface area contributed by atoms with E-state index in [1.165, 1.54) is 44.6 Å². The van der Waals surface area contributed by atoms with E-state index in [1.807, 2.05) is 0 Å². The molecule has 1 N–H and O–H groups in total. The Morgan fingerprint density at radius 1 is 1.15 bits per heavy atom. The lowest BCUT2D eigenvalue weighted by atomic mass is 10.4. The van der Waals surface area contributed by atoms with Crippen molar-refractivity contribution in [3.8, 4) is 11.9 Å². The number of hydrogen-bond donors (Lipinski definition) is 1. The molecule has 1 radical (unpaired) electrons. The number of benzene rings is 1. The van der Waals surface area contributed by atoms with Gasteiger partial charge in [-0.3, -0.25) is 4.72 Å². The molecule has 0 aliphatic heterocycles. The molecule has 2 rings (SSSR count). The number of nitrogens with one attached hydrogen (secondary N) is 1. The quantitative estimate of drug-likeness (QED) is 0.888. The predicted octanol–water partition coefficient (Wildman–Crippen LogP) is 1.09. The first kappa shape index (κ1) is 14.1. The minimum Gasteiger partial charge on any atom is -0.481 e. The topological polar surface area (TPSA) is 90.4 Å². The summed E-state index contributed by atoms with van der Waals surface area (Å²) < 4.78 is 36.4. The molecule has 105 valence electrons.